The molecule has 1 fully saturated rings. The minimum Gasteiger partial charge on any atom is -0.378 e. The van der Waals surface area contributed by atoms with Gasteiger partial charge >= 0.3 is 0 Å². The molecule has 0 amide bonds. The highest BCUT2D eigenvalue weighted by atomic mass is 19.1. The molecule has 0 spiro atoms. The lowest BCUT2D eigenvalue weighted by Crippen LogP contribution is -2.36. The Bertz CT molecular complexity index is 1570. The van der Waals surface area contributed by atoms with Gasteiger partial charge in [0.15, 0.2) is 0 Å². The molecule has 1 saturated heterocycles. The Morgan fingerprint density at radius 2 is 1.92 bits per heavy atom. The van der Waals surface area contributed by atoms with E-state index in [0.29, 0.717) is 54.6 Å². The van der Waals surface area contributed by atoms with Crippen molar-refractivity contribution in [3.63, 3.8) is 0 Å². The number of anilines is 3. The third-order valence-electron chi connectivity index (χ3n) is 6.45. The van der Waals surface area contributed by atoms with Crippen LogP contribution in [-0.2, 0) is 4.74 Å². The topological polar surface area (TPSA) is 91.8 Å². The summed E-state index contributed by atoms with van der Waals surface area (Å²) in [6.07, 6.45) is 6.90. The molecule has 1 aliphatic heterocycles. The largest absolute Gasteiger partial charge is 0.378 e. The van der Waals surface area contributed by atoms with Crippen LogP contribution in [0, 0.1) is 18.6 Å². The Kier molecular flexibility index (Phi) is 5.93. The number of nitrogens with one attached hydrogen (secondary N) is 2. The number of nitrogens with zero attached hydrogens (tertiary/aromatic N) is 5. The predicted molar refractivity (Wildman–Crippen MR) is 138 cm³/mol. The van der Waals surface area contributed by atoms with Gasteiger partial charge in [-0.3, -0.25) is 10.1 Å². The summed E-state index contributed by atoms with van der Waals surface area (Å²) >= 11 is 0. The van der Waals surface area contributed by atoms with Crippen LogP contribution >= 0.6 is 0 Å². The molecule has 5 aromatic rings. The predicted octanol–water partition coefficient (Wildman–Crippen LogP) is 5.25. The van der Waals surface area contributed by atoms with E-state index < -0.39 is 11.6 Å². The van der Waals surface area contributed by atoms with E-state index in [4.69, 9.17) is 4.74 Å². The van der Waals surface area contributed by atoms with Crippen molar-refractivity contribution in [2.45, 2.75) is 6.92 Å². The summed E-state index contributed by atoms with van der Waals surface area (Å²) in [4.78, 5) is 15.8. The number of ether oxygens (including phenoxy) is 1. The van der Waals surface area contributed by atoms with Crippen molar-refractivity contribution in [1.82, 2.24) is 25.1 Å². The van der Waals surface area contributed by atoms with E-state index in [0.717, 1.165) is 23.0 Å². The zero-order valence-corrected chi connectivity index (χ0v) is 20.0. The zero-order valence-electron chi connectivity index (χ0n) is 20.0. The van der Waals surface area contributed by atoms with Crippen molar-refractivity contribution < 1.29 is 13.5 Å². The molecule has 0 radical (unpaired) electrons. The first-order valence-electron chi connectivity index (χ1n) is 11.9. The Morgan fingerprint density at radius 3 is 2.68 bits per heavy atom. The van der Waals surface area contributed by atoms with Gasteiger partial charge in [0.1, 0.15) is 17.5 Å². The minimum absolute atomic E-state index is 0.193. The van der Waals surface area contributed by atoms with Crippen molar-refractivity contribution in [2.24, 2.45) is 0 Å². The molecule has 0 aliphatic carbocycles. The molecule has 1 aromatic carbocycles. The number of hydrogen-bond donors (Lipinski definition) is 2. The maximum Gasteiger partial charge on any atom is 0.137 e. The number of aromatic nitrogens is 5. The van der Waals surface area contributed by atoms with E-state index in [1.165, 1.54) is 6.07 Å². The van der Waals surface area contributed by atoms with Crippen molar-refractivity contribution in [1.29, 1.82) is 0 Å². The van der Waals surface area contributed by atoms with Crippen molar-refractivity contribution in [3.05, 3.63) is 78.4 Å². The molecule has 4 aromatic heterocycles. The summed E-state index contributed by atoms with van der Waals surface area (Å²) in [6, 6.07) is 9.51. The fourth-order valence-corrected chi connectivity index (χ4v) is 4.59. The molecule has 2 N–H and O–H groups in total. The molecule has 0 saturated carbocycles. The van der Waals surface area contributed by atoms with Gasteiger partial charge in [0.05, 0.1) is 53.1 Å². The van der Waals surface area contributed by atoms with Crippen LogP contribution in [0.15, 0.2) is 61.2 Å². The summed E-state index contributed by atoms with van der Waals surface area (Å²) in [5, 5.41) is 10.6. The Labute approximate surface area is 211 Å². The molecular weight excluding hydrogens is 476 g/mol. The highest BCUT2D eigenvalue weighted by Crippen LogP contribution is 2.39. The smallest absolute Gasteiger partial charge is 0.137 e. The number of benzene rings is 1. The van der Waals surface area contributed by atoms with E-state index in [1.807, 2.05) is 25.1 Å². The monoisotopic (exact) mass is 499 g/mol. The second-order valence-electron chi connectivity index (χ2n) is 8.76. The summed E-state index contributed by atoms with van der Waals surface area (Å²) in [7, 11) is 0. The quantitative estimate of drug-likeness (QED) is 0.341. The van der Waals surface area contributed by atoms with Gasteiger partial charge in [0.2, 0.25) is 0 Å². The fraction of sp³-hybridized carbons (Fsp3) is 0.185. The van der Waals surface area contributed by atoms with Crippen LogP contribution in [0.4, 0.5) is 26.0 Å². The van der Waals surface area contributed by atoms with Gasteiger partial charge in [-0.2, -0.15) is 5.10 Å². The SMILES string of the molecule is Cc1c(-c2ccccn2)nc2cc(F)cc(F)c2c1Nc1cc(N2CCOCC2)ncc1-c1cn[nH]c1. The van der Waals surface area contributed by atoms with Crippen molar-refractivity contribution in [2.75, 3.05) is 36.5 Å². The lowest BCUT2D eigenvalue weighted by Gasteiger charge is -2.28. The van der Waals surface area contributed by atoms with Gasteiger partial charge < -0.3 is 15.0 Å². The molecule has 0 unspecified atom stereocenters. The molecule has 1 aliphatic rings. The van der Waals surface area contributed by atoms with Gasteiger partial charge in [0, 0.05) is 66.6 Å². The van der Waals surface area contributed by atoms with Crippen LogP contribution in [0.5, 0.6) is 0 Å². The number of pyridine rings is 3. The van der Waals surface area contributed by atoms with E-state index in [-0.39, 0.29) is 10.9 Å². The third kappa shape index (κ3) is 4.36. The molecule has 0 bridgehead atoms. The van der Waals surface area contributed by atoms with Crippen LogP contribution in [0.3, 0.4) is 0 Å². The summed E-state index contributed by atoms with van der Waals surface area (Å²) in [5.74, 6) is -0.629. The van der Waals surface area contributed by atoms with Crippen molar-refractivity contribution >= 4 is 28.1 Å². The first kappa shape index (κ1) is 23.0. The molecule has 37 heavy (non-hydrogen) atoms. The molecule has 186 valence electrons. The molecule has 6 rings (SSSR count). The number of halogens is 2. The van der Waals surface area contributed by atoms with E-state index in [2.05, 4.69) is 35.4 Å². The summed E-state index contributed by atoms with van der Waals surface area (Å²) < 4.78 is 35.0. The first-order valence-corrected chi connectivity index (χ1v) is 11.9. The van der Waals surface area contributed by atoms with E-state index in [1.54, 1.807) is 30.9 Å². The Morgan fingerprint density at radius 1 is 1.05 bits per heavy atom. The average Bonchev–Trinajstić information content (AvgIpc) is 3.46. The average molecular weight is 500 g/mol. The number of fused-ring (bicyclic) bond motifs is 1. The normalized spacial score (nSPS) is 13.8. The highest BCUT2D eigenvalue weighted by molar-refractivity contribution is 5.99. The van der Waals surface area contributed by atoms with Crippen molar-refractivity contribution in [3.8, 4) is 22.5 Å². The number of morpholine rings is 1. The Hall–Kier alpha value is -4.44. The second-order valence-corrected chi connectivity index (χ2v) is 8.76. The van der Waals surface area contributed by atoms with Crippen LogP contribution in [-0.4, -0.2) is 51.5 Å². The lowest BCUT2D eigenvalue weighted by molar-refractivity contribution is 0.122. The molecule has 10 heteroatoms. The third-order valence-corrected chi connectivity index (χ3v) is 6.45. The fourth-order valence-electron chi connectivity index (χ4n) is 4.59. The van der Waals surface area contributed by atoms with Gasteiger partial charge in [-0.25, -0.2) is 18.7 Å². The number of rotatable bonds is 5. The van der Waals surface area contributed by atoms with Crippen LogP contribution in [0.2, 0.25) is 0 Å². The molecule has 0 atom stereocenters. The first-order chi connectivity index (χ1) is 18.1. The van der Waals surface area contributed by atoms with Gasteiger partial charge in [-0.05, 0) is 19.1 Å². The van der Waals surface area contributed by atoms with E-state index >= 15 is 4.39 Å². The van der Waals surface area contributed by atoms with Gasteiger partial charge in [-0.1, -0.05) is 6.07 Å². The number of aromatic amines is 1. The standard InChI is InChI=1S/C27H23F2N7O/c1-16-26(21-4-2-3-5-30-21)35-23-11-18(28)10-20(29)25(23)27(16)34-22-12-24(36-6-8-37-9-7-36)31-15-19(22)17-13-32-33-14-17/h2-5,10-15H,6-9H2,1H3,(H,32,33)(H,31,34,35). The van der Waals surface area contributed by atoms with Gasteiger partial charge in [0.25, 0.3) is 0 Å². The van der Waals surface area contributed by atoms with Gasteiger partial charge in [-0.15, -0.1) is 0 Å². The number of hydrogen-bond acceptors (Lipinski definition) is 7. The second kappa shape index (κ2) is 9.55. The minimum atomic E-state index is -0.701. The van der Waals surface area contributed by atoms with E-state index in [9.17, 15) is 4.39 Å². The molecule has 5 heterocycles. The maximum absolute atomic E-state index is 15.3. The summed E-state index contributed by atoms with van der Waals surface area (Å²) in [6.45, 7) is 4.51. The van der Waals surface area contributed by atoms with Crippen LogP contribution in [0.1, 0.15) is 5.56 Å². The summed E-state index contributed by atoms with van der Waals surface area (Å²) in [5.41, 5.74) is 4.78. The maximum atomic E-state index is 15.3. The lowest BCUT2D eigenvalue weighted by atomic mass is 10.0. The zero-order chi connectivity index (χ0) is 25.4. The number of H-pyrrole nitrogens is 1. The highest BCUT2D eigenvalue weighted by Gasteiger charge is 2.21. The van der Waals surface area contributed by atoms with Crippen LogP contribution < -0.4 is 10.2 Å². The van der Waals surface area contributed by atoms with Crippen LogP contribution in [0.25, 0.3) is 33.4 Å². The Balaban J connectivity index is 1.56. The molecular formula is C27H23F2N7O. The molecule has 8 nitrogen and oxygen atoms in total.